The van der Waals surface area contributed by atoms with E-state index in [4.69, 9.17) is 0 Å². The Kier molecular flexibility index (Phi) is 4.72. The molecule has 0 aliphatic rings. The fraction of sp³-hybridized carbons (Fsp3) is 0.176. The first-order valence-electron chi connectivity index (χ1n) is 6.70. The van der Waals surface area contributed by atoms with E-state index < -0.39 is 0 Å². The zero-order valence-corrected chi connectivity index (χ0v) is 12.4. The van der Waals surface area contributed by atoms with Crippen molar-refractivity contribution in [3.8, 4) is 0 Å². The molecule has 2 aromatic carbocycles. The lowest BCUT2D eigenvalue weighted by Gasteiger charge is -2.02. The highest BCUT2D eigenvalue weighted by atomic mass is 16.1. The Hall–Kier alpha value is -2.62. The third-order valence-electron chi connectivity index (χ3n) is 2.92. The van der Waals surface area contributed by atoms with Crippen molar-refractivity contribution >= 4 is 23.0 Å². The molecule has 21 heavy (non-hydrogen) atoms. The fourth-order valence-electron chi connectivity index (χ4n) is 1.73. The van der Waals surface area contributed by atoms with Gasteiger partial charge in [0.1, 0.15) is 0 Å². The minimum atomic E-state index is -0.212. The molecule has 4 heteroatoms. The molecule has 0 saturated heterocycles. The quantitative estimate of drug-likeness (QED) is 0.456. The Morgan fingerprint density at radius 2 is 1.71 bits per heavy atom. The highest BCUT2D eigenvalue weighted by molar-refractivity contribution is 6.38. The first kappa shape index (κ1) is 14.8. The number of nitrogens with zero attached hydrogens (tertiary/aromatic N) is 3. The largest absolute Gasteiger partial charge is 0.291 e. The molecule has 0 atom stereocenters. The predicted molar refractivity (Wildman–Crippen MR) is 84.7 cm³/mol. The number of rotatable bonds is 3. The number of aliphatic imine (C=N–C) groups is 1. The molecular weight excluding hydrogens is 262 g/mol. The molecule has 0 N–H and O–H groups in total. The molecule has 0 saturated carbocycles. The number of azo groups is 1. The van der Waals surface area contributed by atoms with E-state index in [9.17, 15) is 4.79 Å². The molecule has 106 valence electrons. The van der Waals surface area contributed by atoms with Gasteiger partial charge in [-0.25, -0.2) is 4.99 Å². The average Bonchev–Trinajstić information content (AvgIpc) is 2.47. The minimum Gasteiger partial charge on any atom is -0.291 e. The van der Waals surface area contributed by atoms with Crippen LogP contribution >= 0.6 is 0 Å². The minimum absolute atomic E-state index is 0.104. The molecule has 0 bridgehead atoms. The lowest BCUT2D eigenvalue weighted by molar-refractivity contribution is -0.111. The monoisotopic (exact) mass is 279 g/mol. The van der Waals surface area contributed by atoms with Crippen molar-refractivity contribution in [3.63, 3.8) is 0 Å². The number of carbonyl (C=O) groups is 1. The maximum atomic E-state index is 11.7. The Morgan fingerprint density at radius 1 is 1.00 bits per heavy atom. The first-order valence-corrected chi connectivity index (χ1v) is 6.70. The average molecular weight is 279 g/mol. The summed E-state index contributed by atoms with van der Waals surface area (Å²) in [6.45, 7) is 5.37. The van der Waals surface area contributed by atoms with Gasteiger partial charge >= 0.3 is 0 Å². The van der Waals surface area contributed by atoms with Crippen molar-refractivity contribution in [1.82, 2.24) is 0 Å². The summed E-state index contributed by atoms with van der Waals surface area (Å²) in [7, 11) is 0. The lowest BCUT2D eigenvalue weighted by Crippen LogP contribution is -2.05. The first-order chi connectivity index (χ1) is 10.1. The van der Waals surface area contributed by atoms with Crippen molar-refractivity contribution in [2.75, 3.05) is 0 Å². The third kappa shape index (κ3) is 4.18. The molecule has 2 rings (SSSR count). The van der Waals surface area contributed by atoms with Crippen LogP contribution in [0.15, 0.2) is 63.8 Å². The summed E-state index contributed by atoms with van der Waals surface area (Å²) in [5.74, 6) is -0.108. The normalized spacial score (nSPS) is 11.9. The van der Waals surface area contributed by atoms with Crippen LogP contribution in [0.2, 0.25) is 0 Å². The summed E-state index contributed by atoms with van der Waals surface area (Å²) in [5.41, 5.74) is 3.51. The van der Waals surface area contributed by atoms with E-state index in [2.05, 4.69) is 15.2 Å². The standard InChI is InChI=1S/C17H17N3O/c1-12-9-10-13(2)16(11-12)18-17(14(3)21)20-19-15-7-5-4-6-8-15/h4-11H,1-3H3. The number of amidine groups is 1. The number of hydrogen-bond donors (Lipinski definition) is 0. The number of hydrogen-bond acceptors (Lipinski definition) is 3. The summed E-state index contributed by atoms with van der Waals surface area (Å²) >= 11 is 0. The molecule has 0 spiro atoms. The topological polar surface area (TPSA) is 54.1 Å². The van der Waals surface area contributed by atoms with Gasteiger partial charge < -0.3 is 0 Å². The van der Waals surface area contributed by atoms with E-state index in [0.29, 0.717) is 5.69 Å². The second-order valence-corrected chi connectivity index (χ2v) is 4.82. The van der Waals surface area contributed by atoms with E-state index in [1.54, 1.807) is 0 Å². The van der Waals surface area contributed by atoms with Crippen LogP contribution in [0.3, 0.4) is 0 Å². The molecule has 0 aliphatic heterocycles. The van der Waals surface area contributed by atoms with Crippen LogP contribution in [0.25, 0.3) is 0 Å². The second-order valence-electron chi connectivity index (χ2n) is 4.82. The Bertz CT molecular complexity index is 703. The molecule has 0 amide bonds. The molecule has 0 heterocycles. The zero-order valence-electron chi connectivity index (χ0n) is 12.4. The summed E-state index contributed by atoms with van der Waals surface area (Å²) in [6.07, 6.45) is 0. The van der Waals surface area contributed by atoms with Gasteiger partial charge in [0.05, 0.1) is 11.4 Å². The molecule has 4 nitrogen and oxygen atoms in total. The third-order valence-corrected chi connectivity index (χ3v) is 2.92. The Morgan fingerprint density at radius 3 is 2.38 bits per heavy atom. The van der Waals surface area contributed by atoms with Crippen molar-refractivity contribution in [2.45, 2.75) is 20.8 Å². The molecule has 0 aromatic heterocycles. The maximum Gasteiger partial charge on any atom is 0.218 e. The zero-order chi connectivity index (χ0) is 15.2. The summed E-state index contributed by atoms with van der Waals surface area (Å²) in [4.78, 5) is 16.0. The van der Waals surface area contributed by atoms with E-state index in [1.807, 2.05) is 62.4 Å². The van der Waals surface area contributed by atoms with Crippen molar-refractivity contribution < 1.29 is 4.79 Å². The Labute approximate surface area is 124 Å². The molecule has 0 aliphatic carbocycles. The van der Waals surface area contributed by atoms with Crippen LogP contribution in [-0.2, 0) is 4.79 Å². The fourth-order valence-corrected chi connectivity index (χ4v) is 1.73. The van der Waals surface area contributed by atoms with Gasteiger partial charge in [-0.05, 0) is 43.2 Å². The molecule has 0 fully saturated rings. The SMILES string of the molecule is CC(=O)C(N=Nc1ccccc1)=Nc1cc(C)ccc1C. The van der Waals surface area contributed by atoms with Crippen LogP contribution in [0.5, 0.6) is 0 Å². The van der Waals surface area contributed by atoms with Crippen LogP contribution in [0.1, 0.15) is 18.1 Å². The van der Waals surface area contributed by atoms with E-state index in [0.717, 1.165) is 16.8 Å². The van der Waals surface area contributed by atoms with Gasteiger partial charge in [-0.2, -0.15) is 0 Å². The van der Waals surface area contributed by atoms with Crippen molar-refractivity contribution in [1.29, 1.82) is 0 Å². The molecule has 2 aromatic rings. The number of aryl methyl sites for hydroxylation is 2. The highest BCUT2D eigenvalue weighted by Crippen LogP contribution is 2.21. The number of carbonyl (C=O) groups excluding carboxylic acids is 1. The van der Waals surface area contributed by atoms with E-state index in [-0.39, 0.29) is 11.6 Å². The van der Waals surface area contributed by atoms with Gasteiger partial charge in [-0.1, -0.05) is 30.3 Å². The van der Waals surface area contributed by atoms with Gasteiger partial charge in [0.2, 0.25) is 5.84 Å². The summed E-state index contributed by atoms with van der Waals surface area (Å²) in [5, 5.41) is 8.03. The van der Waals surface area contributed by atoms with Gasteiger partial charge in [0.15, 0.2) is 5.78 Å². The second kappa shape index (κ2) is 6.70. The Balaban J connectivity index is 2.35. The molecule has 0 radical (unpaired) electrons. The van der Waals surface area contributed by atoms with Gasteiger partial charge in [-0.3, -0.25) is 4.79 Å². The summed E-state index contributed by atoms with van der Waals surface area (Å²) in [6, 6.07) is 15.2. The maximum absolute atomic E-state index is 11.7. The number of Topliss-reactive ketones (excluding diaryl/α,β-unsaturated/α-hetero) is 1. The predicted octanol–water partition coefficient (Wildman–Crippen LogP) is 4.71. The van der Waals surface area contributed by atoms with Crippen LogP contribution in [-0.4, -0.2) is 11.6 Å². The lowest BCUT2D eigenvalue weighted by atomic mass is 10.1. The highest BCUT2D eigenvalue weighted by Gasteiger charge is 2.06. The van der Waals surface area contributed by atoms with Crippen LogP contribution in [0, 0.1) is 13.8 Å². The van der Waals surface area contributed by atoms with Gasteiger partial charge in [0.25, 0.3) is 0 Å². The number of ketones is 1. The van der Waals surface area contributed by atoms with Crippen LogP contribution < -0.4 is 0 Å². The van der Waals surface area contributed by atoms with Crippen molar-refractivity contribution in [3.05, 3.63) is 59.7 Å². The molecular formula is C17H17N3O. The van der Waals surface area contributed by atoms with Crippen molar-refractivity contribution in [2.24, 2.45) is 15.2 Å². The van der Waals surface area contributed by atoms with Gasteiger partial charge in [-0.15, -0.1) is 10.2 Å². The van der Waals surface area contributed by atoms with Crippen LogP contribution in [0.4, 0.5) is 11.4 Å². The molecule has 0 unspecified atom stereocenters. The smallest absolute Gasteiger partial charge is 0.218 e. The van der Waals surface area contributed by atoms with E-state index in [1.165, 1.54) is 6.92 Å². The van der Waals surface area contributed by atoms with Gasteiger partial charge in [0, 0.05) is 6.92 Å². The number of benzene rings is 2. The van der Waals surface area contributed by atoms with E-state index >= 15 is 0 Å². The summed E-state index contributed by atoms with van der Waals surface area (Å²) < 4.78 is 0.